The average molecular weight is 254 g/mol. The minimum Gasteiger partial charge on any atom is -0.266 e. The summed E-state index contributed by atoms with van der Waals surface area (Å²) in [5.74, 6) is 0. The van der Waals surface area contributed by atoms with E-state index >= 15 is 0 Å². The summed E-state index contributed by atoms with van der Waals surface area (Å²) in [6, 6.07) is 1.81. The summed E-state index contributed by atoms with van der Waals surface area (Å²) >= 11 is 0. The Labute approximate surface area is 110 Å². The summed E-state index contributed by atoms with van der Waals surface area (Å²) in [5, 5.41) is 8.02. The van der Waals surface area contributed by atoms with Crippen molar-refractivity contribution < 1.29 is 0 Å². The number of rotatable bonds is 1. The number of fused-ring (bicyclic) bond motifs is 5. The molecule has 1 aliphatic heterocycles. The van der Waals surface area contributed by atoms with Crippen LogP contribution in [0.4, 0.5) is 0 Å². The van der Waals surface area contributed by atoms with Gasteiger partial charge in [0.2, 0.25) is 0 Å². The largest absolute Gasteiger partial charge is 0.266 e. The number of nitrogens with zero attached hydrogens (tertiary/aromatic N) is 4. The van der Waals surface area contributed by atoms with Gasteiger partial charge in [-0.05, 0) is 37.3 Å². The van der Waals surface area contributed by atoms with Gasteiger partial charge in [0.05, 0.1) is 11.4 Å². The molecule has 2 aromatic heterocycles. The molecule has 2 aromatic rings. The van der Waals surface area contributed by atoms with Gasteiger partial charge in [-0.2, -0.15) is 10.0 Å². The molecule has 2 aliphatic rings. The molecular formula is C14H14N4O. The monoisotopic (exact) mass is 254 g/mol. The lowest BCUT2D eigenvalue weighted by molar-refractivity contribution is 0.428. The van der Waals surface area contributed by atoms with Gasteiger partial charge in [-0.15, -0.1) is 0 Å². The highest BCUT2D eigenvalue weighted by Gasteiger charge is 2.31. The van der Waals surface area contributed by atoms with Gasteiger partial charge >= 0.3 is 0 Å². The fraction of sp³-hybridized carbons (Fsp3) is 0.429. The number of aryl methyl sites for hydroxylation is 2. The zero-order valence-corrected chi connectivity index (χ0v) is 10.5. The minimum atomic E-state index is -0.214. The number of hydrogen-bond acceptors (Lipinski definition) is 4. The van der Waals surface area contributed by atoms with Crippen LogP contribution in [0.3, 0.4) is 0 Å². The quantitative estimate of drug-likeness (QED) is 0.735. The van der Waals surface area contributed by atoms with Gasteiger partial charge in [-0.1, -0.05) is 5.18 Å². The van der Waals surface area contributed by atoms with Crippen molar-refractivity contribution in [2.45, 2.75) is 38.3 Å². The lowest BCUT2D eigenvalue weighted by Gasteiger charge is -2.20. The lowest BCUT2D eigenvalue weighted by Crippen LogP contribution is -2.16. The number of aromatic nitrogens is 3. The summed E-state index contributed by atoms with van der Waals surface area (Å²) in [6.45, 7) is 0.898. The number of hydrogen-bond donors (Lipinski definition) is 0. The Balaban J connectivity index is 1.95. The van der Waals surface area contributed by atoms with Gasteiger partial charge in [0.15, 0.2) is 0 Å². The van der Waals surface area contributed by atoms with Gasteiger partial charge < -0.3 is 0 Å². The molecule has 0 bridgehead atoms. The van der Waals surface area contributed by atoms with Gasteiger partial charge in [0.25, 0.3) is 0 Å². The normalized spacial score (nSPS) is 20.3. The minimum absolute atomic E-state index is 0.214. The first-order valence-electron chi connectivity index (χ1n) is 6.74. The van der Waals surface area contributed by atoms with E-state index in [-0.39, 0.29) is 6.04 Å². The third kappa shape index (κ3) is 1.47. The van der Waals surface area contributed by atoms with E-state index in [2.05, 4.69) is 10.2 Å². The summed E-state index contributed by atoms with van der Waals surface area (Å²) in [5.41, 5.74) is 5.74. The van der Waals surface area contributed by atoms with E-state index in [9.17, 15) is 4.91 Å². The molecule has 0 aromatic carbocycles. The number of pyridine rings is 1. The van der Waals surface area contributed by atoms with Crippen molar-refractivity contribution in [1.82, 2.24) is 14.8 Å². The second-order valence-electron chi connectivity index (χ2n) is 5.23. The summed E-state index contributed by atoms with van der Waals surface area (Å²) in [7, 11) is 0. The second-order valence-corrected chi connectivity index (χ2v) is 5.23. The first-order valence-corrected chi connectivity index (χ1v) is 6.74. The van der Waals surface area contributed by atoms with Crippen LogP contribution >= 0.6 is 0 Å². The van der Waals surface area contributed by atoms with E-state index < -0.39 is 0 Å². The Bertz CT molecular complexity index is 661. The maximum Gasteiger partial charge on any atom is 0.134 e. The molecule has 5 heteroatoms. The highest BCUT2D eigenvalue weighted by Crippen LogP contribution is 2.40. The van der Waals surface area contributed by atoms with Crippen molar-refractivity contribution in [1.29, 1.82) is 0 Å². The predicted molar refractivity (Wildman–Crippen MR) is 70.6 cm³/mol. The summed E-state index contributed by atoms with van der Waals surface area (Å²) in [4.78, 5) is 15.2. The summed E-state index contributed by atoms with van der Waals surface area (Å²) in [6.07, 6.45) is 7.47. The van der Waals surface area contributed by atoms with Crippen molar-refractivity contribution in [3.05, 3.63) is 40.2 Å². The molecule has 1 unspecified atom stereocenters. The molecule has 5 nitrogen and oxygen atoms in total. The molecule has 96 valence electrons. The molecule has 0 fully saturated rings. The van der Waals surface area contributed by atoms with Crippen LogP contribution in [0.2, 0.25) is 0 Å². The molecule has 0 saturated heterocycles. The van der Waals surface area contributed by atoms with E-state index in [0.29, 0.717) is 0 Å². The smallest absolute Gasteiger partial charge is 0.134 e. The van der Waals surface area contributed by atoms with Crippen LogP contribution in [0.15, 0.2) is 23.6 Å². The highest BCUT2D eigenvalue weighted by atomic mass is 16.3. The Morgan fingerprint density at radius 2 is 2.32 bits per heavy atom. The Morgan fingerprint density at radius 3 is 3.21 bits per heavy atom. The molecular weight excluding hydrogens is 240 g/mol. The maximum absolute atomic E-state index is 11.1. The molecule has 1 atom stereocenters. The van der Waals surface area contributed by atoms with E-state index in [0.717, 1.165) is 43.6 Å². The first-order chi connectivity index (χ1) is 9.38. The Hall–Kier alpha value is -2.04. The molecule has 0 amide bonds. The molecule has 0 N–H and O–H groups in total. The number of nitroso groups, excluding NO2 is 1. The fourth-order valence-corrected chi connectivity index (χ4v) is 3.31. The van der Waals surface area contributed by atoms with Crippen LogP contribution in [0, 0.1) is 4.91 Å². The molecule has 0 spiro atoms. The molecule has 0 radical (unpaired) electrons. The zero-order chi connectivity index (χ0) is 12.8. The second kappa shape index (κ2) is 3.98. The highest BCUT2D eigenvalue weighted by molar-refractivity contribution is 5.70. The van der Waals surface area contributed by atoms with Crippen LogP contribution in [-0.2, 0) is 19.4 Å². The fourth-order valence-electron chi connectivity index (χ4n) is 3.31. The molecule has 3 heterocycles. The van der Waals surface area contributed by atoms with E-state index in [4.69, 9.17) is 5.10 Å². The van der Waals surface area contributed by atoms with Crippen molar-refractivity contribution in [3.63, 3.8) is 0 Å². The maximum atomic E-state index is 11.1. The lowest BCUT2D eigenvalue weighted by atomic mass is 9.88. The van der Waals surface area contributed by atoms with Crippen molar-refractivity contribution in [2.75, 3.05) is 0 Å². The molecule has 4 rings (SSSR count). The van der Waals surface area contributed by atoms with Crippen molar-refractivity contribution in [2.24, 2.45) is 5.18 Å². The predicted octanol–water partition coefficient (Wildman–Crippen LogP) is 2.65. The van der Waals surface area contributed by atoms with E-state index in [1.807, 2.05) is 23.1 Å². The molecule has 0 saturated carbocycles. The Morgan fingerprint density at radius 1 is 1.37 bits per heavy atom. The van der Waals surface area contributed by atoms with Crippen LogP contribution in [-0.4, -0.2) is 14.8 Å². The van der Waals surface area contributed by atoms with E-state index in [1.165, 1.54) is 16.7 Å². The van der Waals surface area contributed by atoms with Gasteiger partial charge in [-0.25, -0.2) is 0 Å². The third-order valence-corrected chi connectivity index (χ3v) is 4.19. The molecule has 19 heavy (non-hydrogen) atoms. The average Bonchev–Trinajstić information content (AvgIpc) is 2.86. The Kier molecular flexibility index (Phi) is 2.27. The van der Waals surface area contributed by atoms with Crippen LogP contribution in [0.25, 0.3) is 11.3 Å². The van der Waals surface area contributed by atoms with E-state index in [1.54, 1.807) is 0 Å². The zero-order valence-electron chi connectivity index (χ0n) is 10.5. The van der Waals surface area contributed by atoms with Crippen LogP contribution in [0.1, 0.15) is 35.7 Å². The van der Waals surface area contributed by atoms with Crippen molar-refractivity contribution in [3.8, 4) is 11.3 Å². The third-order valence-electron chi connectivity index (χ3n) is 4.19. The van der Waals surface area contributed by atoms with Gasteiger partial charge in [0.1, 0.15) is 6.04 Å². The SMILES string of the molecule is O=NC1CCCn2nc3c(c21)CCc1cnccc1-3. The molecule has 1 aliphatic carbocycles. The van der Waals surface area contributed by atoms with Crippen LogP contribution < -0.4 is 0 Å². The van der Waals surface area contributed by atoms with Crippen LogP contribution in [0.5, 0.6) is 0 Å². The summed E-state index contributed by atoms with van der Waals surface area (Å²) < 4.78 is 2.00. The van der Waals surface area contributed by atoms with Crippen molar-refractivity contribution >= 4 is 0 Å². The van der Waals surface area contributed by atoms with Gasteiger partial charge in [-0.3, -0.25) is 9.67 Å². The standard InChI is InChI=1S/C14H14N4O/c19-17-12-2-1-7-18-14(12)11-4-3-9-8-15-6-5-10(9)13(11)16-18/h5-6,8,12H,1-4,7H2. The topological polar surface area (TPSA) is 60.1 Å². The van der Waals surface area contributed by atoms with Gasteiger partial charge in [0, 0.05) is 30.1 Å². The first kappa shape index (κ1) is 10.8.